The van der Waals surface area contributed by atoms with Crippen molar-refractivity contribution in [2.75, 3.05) is 19.6 Å². The number of aryl methyl sites for hydroxylation is 2. The summed E-state index contributed by atoms with van der Waals surface area (Å²) in [5.41, 5.74) is 3.16. The maximum atomic E-state index is 12.2. The minimum absolute atomic E-state index is 0.0173. The van der Waals surface area contributed by atoms with Gasteiger partial charge in [-0.25, -0.2) is 0 Å². The summed E-state index contributed by atoms with van der Waals surface area (Å²) in [4.78, 5) is 26.9. The molecule has 0 aromatic heterocycles. The molecule has 1 heterocycles. The lowest BCUT2D eigenvalue weighted by Gasteiger charge is -2.48. The molecule has 2 aromatic rings. The normalized spacial score (nSPS) is 23.5. The SMILES string of the molecule is CCc1cccc([C@]2(O)CC[C@H](N3CC(NC(=O)CNC(=O)c4cccc(C)c4)C3)CC2)c1. The predicted molar refractivity (Wildman–Crippen MR) is 129 cm³/mol. The summed E-state index contributed by atoms with van der Waals surface area (Å²) in [6, 6.07) is 16.2. The number of carbonyl (C=O) groups excluding carboxylic acids is 2. The molecule has 1 saturated heterocycles. The largest absolute Gasteiger partial charge is 0.385 e. The number of nitrogens with one attached hydrogen (secondary N) is 2. The highest BCUT2D eigenvalue weighted by molar-refractivity contribution is 5.96. The number of hydrogen-bond acceptors (Lipinski definition) is 4. The van der Waals surface area contributed by atoms with Crippen molar-refractivity contribution < 1.29 is 14.7 Å². The monoisotopic (exact) mass is 449 g/mol. The fourth-order valence-corrected chi connectivity index (χ4v) is 5.04. The van der Waals surface area contributed by atoms with Crippen molar-refractivity contribution in [1.29, 1.82) is 0 Å². The van der Waals surface area contributed by atoms with Crippen LogP contribution in [0.1, 0.15) is 59.7 Å². The average molecular weight is 450 g/mol. The van der Waals surface area contributed by atoms with Gasteiger partial charge in [0.15, 0.2) is 0 Å². The molecule has 6 nitrogen and oxygen atoms in total. The quantitative estimate of drug-likeness (QED) is 0.607. The van der Waals surface area contributed by atoms with Gasteiger partial charge >= 0.3 is 0 Å². The maximum Gasteiger partial charge on any atom is 0.251 e. The van der Waals surface area contributed by atoms with E-state index in [0.717, 1.165) is 56.3 Å². The minimum Gasteiger partial charge on any atom is -0.385 e. The van der Waals surface area contributed by atoms with Crippen molar-refractivity contribution >= 4 is 11.8 Å². The molecule has 2 aromatic carbocycles. The van der Waals surface area contributed by atoms with E-state index in [1.54, 1.807) is 6.07 Å². The zero-order chi connectivity index (χ0) is 23.4. The first-order valence-corrected chi connectivity index (χ1v) is 12.1. The summed E-state index contributed by atoms with van der Waals surface area (Å²) in [7, 11) is 0. The Morgan fingerprint density at radius 1 is 1.09 bits per heavy atom. The van der Waals surface area contributed by atoms with Gasteiger partial charge in [-0.2, -0.15) is 0 Å². The van der Waals surface area contributed by atoms with Gasteiger partial charge in [-0.1, -0.05) is 48.9 Å². The van der Waals surface area contributed by atoms with Crippen LogP contribution < -0.4 is 10.6 Å². The van der Waals surface area contributed by atoms with Crippen molar-refractivity contribution in [2.45, 2.75) is 63.6 Å². The first-order valence-electron chi connectivity index (χ1n) is 12.1. The van der Waals surface area contributed by atoms with Crippen molar-refractivity contribution in [3.05, 3.63) is 70.8 Å². The van der Waals surface area contributed by atoms with Gasteiger partial charge in [0.1, 0.15) is 0 Å². The molecule has 3 N–H and O–H groups in total. The number of rotatable bonds is 7. The fourth-order valence-electron chi connectivity index (χ4n) is 5.04. The Kier molecular flexibility index (Phi) is 7.15. The van der Waals surface area contributed by atoms with Crippen molar-refractivity contribution in [3.63, 3.8) is 0 Å². The van der Waals surface area contributed by atoms with Gasteiger partial charge in [0.05, 0.1) is 18.2 Å². The lowest BCUT2D eigenvalue weighted by atomic mass is 9.76. The number of aliphatic hydroxyl groups is 1. The maximum absolute atomic E-state index is 12.2. The van der Waals surface area contributed by atoms with E-state index in [4.69, 9.17) is 0 Å². The van der Waals surface area contributed by atoms with E-state index in [1.165, 1.54) is 5.56 Å². The zero-order valence-electron chi connectivity index (χ0n) is 19.6. The standard InChI is InChI=1S/C27H35N3O3/c1-3-20-7-5-9-22(15-20)27(33)12-10-24(11-13-27)30-17-23(18-30)29-25(31)16-28-26(32)21-8-4-6-19(2)14-21/h4-9,14-15,23-24,33H,3,10-13,16-18H2,1-2H3,(H,28,32)(H,29,31)/t24-,27-. The van der Waals surface area contributed by atoms with Gasteiger partial charge in [0.25, 0.3) is 5.91 Å². The second-order valence-electron chi connectivity index (χ2n) is 9.59. The van der Waals surface area contributed by atoms with Crippen LogP contribution in [-0.2, 0) is 16.8 Å². The molecule has 0 spiro atoms. The van der Waals surface area contributed by atoms with Crippen LogP contribution in [0.25, 0.3) is 0 Å². The van der Waals surface area contributed by atoms with Gasteiger partial charge in [-0.15, -0.1) is 0 Å². The Bertz CT molecular complexity index is 992. The molecule has 33 heavy (non-hydrogen) atoms. The molecule has 1 aliphatic heterocycles. The third-order valence-corrected chi connectivity index (χ3v) is 7.14. The van der Waals surface area contributed by atoms with Crippen LogP contribution in [0.3, 0.4) is 0 Å². The average Bonchev–Trinajstić information content (AvgIpc) is 2.80. The van der Waals surface area contributed by atoms with E-state index in [1.807, 2.05) is 37.3 Å². The summed E-state index contributed by atoms with van der Waals surface area (Å²) in [5, 5.41) is 16.9. The van der Waals surface area contributed by atoms with Crippen LogP contribution in [0.15, 0.2) is 48.5 Å². The molecule has 2 fully saturated rings. The summed E-state index contributed by atoms with van der Waals surface area (Å²) in [5.74, 6) is -0.391. The molecular weight excluding hydrogens is 414 g/mol. The van der Waals surface area contributed by atoms with Crippen LogP contribution in [-0.4, -0.2) is 53.5 Å². The van der Waals surface area contributed by atoms with E-state index in [0.29, 0.717) is 11.6 Å². The first kappa shape index (κ1) is 23.5. The van der Waals surface area contributed by atoms with Crippen molar-refractivity contribution in [1.82, 2.24) is 15.5 Å². The number of carbonyl (C=O) groups is 2. The van der Waals surface area contributed by atoms with Crippen LogP contribution in [0.4, 0.5) is 0 Å². The van der Waals surface area contributed by atoms with Crippen molar-refractivity contribution in [2.24, 2.45) is 0 Å². The molecule has 1 aliphatic carbocycles. The van der Waals surface area contributed by atoms with E-state index in [9.17, 15) is 14.7 Å². The van der Waals surface area contributed by atoms with Crippen LogP contribution in [0, 0.1) is 6.92 Å². The van der Waals surface area contributed by atoms with E-state index < -0.39 is 5.60 Å². The molecule has 2 aliphatic rings. The fraction of sp³-hybridized carbons (Fsp3) is 0.481. The molecule has 4 rings (SSSR count). The second kappa shape index (κ2) is 10.1. The lowest BCUT2D eigenvalue weighted by Crippen LogP contribution is -2.63. The topological polar surface area (TPSA) is 81.7 Å². The predicted octanol–water partition coefficient (Wildman–Crippen LogP) is 2.92. The van der Waals surface area contributed by atoms with Gasteiger partial charge in [0.2, 0.25) is 5.91 Å². The molecule has 0 unspecified atom stereocenters. The highest BCUT2D eigenvalue weighted by Crippen LogP contribution is 2.39. The highest BCUT2D eigenvalue weighted by Gasteiger charge is 2.40. The third kappa shape index (κ3) is 5.63. The van der Waals surface area contributed by atoms with Gasteiger partial charge in [-0.05, 0) is 62.3 Å². The Labute approximate surface area is 196 Å². The van der Waals surface area contributed by atoms with Gasteiger partial charge in [0, 0.05) is 24.7 Å². The summed E-state index contributed by atoms with van der Waals surface area (Å²) in [6.45, 7) is 5.70. The zero-order valence-corrected chi connectivity index (χ0v) is 19.6. The third-order valence-electron chi connectivity index (χ3n) is 7.14. The van der Waals surface area contributed by atoms with Gasteiger partial charge in [-0.3, -0.25) is 14.5 Å². The molecule has 0 radical (unpaired) electrons. The van der Waals surface area contributed by atoms with Crippen molar-refractivity contribution in [3.8, 4) is 0 Å². The Hall–Kier alpha value is -2.70. The van der Waals surface area contributed by atoms with Crippen LogP contribution in [0.2, 0.25) is 0 Å². The number of hydrogen-bond donors (Lipinski definition) is 3. The molecule has 0 atom stereocenters. The smallest absolute Gasteiger partial charge is 0.251 e. The molecular formula is C27H35N3O3. The van der Waals surface area contributed by atoms with E-state index in [-0.39, 0.29) is 24.4 Å². The van der Waals surface area contributed by atoms with E-state index >= 15 is 0 Å². The van der Waals surface area contributed by atoms with E-state index in [2.05, 4.69) is 34.6 Å². The lowest BCUT2D eigenvalue weighted by molar-refractivity contribution is -0.122. The Morgan fingerprint density at radius 2 is 1.82 bits per heavy atom. The minimum atomic E-state index is -0.727. The molecule has 0 bridgehead atoms. The number of likely N-dealkylation sites (tertiary alicyclic amines) is 1. The van der Waals surface area contributed by atoms with Crippen LogP contribution >= 0.6 is 0 Å². The number of amides is 2. The Morgan fingerprint density at radius 3 is 2.52 bits per heavy atom. The number of nitrogens with zero attached hydrogens (tertiary/aromatic N) is 1. The second-order valence-corrected chi connectivity index (χ2v) is 9.59. The summed E-state index contributed by atoms with van der Waals surface area (Å²) >= 11 is 0. The molecule has 176 valence electrons. The summed E-state index contributed by atoms with van der Waals surface area (Å²) < 4.78 is 0. The van der Waals surface area contributed by atoms with Gasteiger partial charge < -0.3 is 15.7 Å². The first-order chi connectivity index (χ1) is 15.9. The summed E-state index contributed by atoms with van der Waals surface area (Å²) in [6.07, 6.45) is 4.43. The molecule has 2 amide bonds. The highest BCUT2D eigenvalue weighted by atomic mass is 16.3. The molecule has 6 heteroatoms. The molecule has 1 saturated carbocycles. The number of benzene rings is 2. The Balaban J connectivity index is 1.18. The van der Waals surface area contributed by atoms with Crippen LogP contribution in [0.5, 0.6) is 0 Å².